The maximum atomic E-state index is 12.0. The smallest absolute Gasteiger partial charge is 0.0532 e. The number of nitrogens with two attached hydrogens (primary N) is 1. The second kappa shape index (κ2) is 7.45. The summed E-state index contributed by atoms with van der Waals surface area (Å²) < 4.78 is 12.0. The van der Waals surface area contributed by atoms with E-state index in [4.69, 9.17) is 10.8 Å². The fourth-order valence-corrected chi connectivity index (χ4v) is 3.06. The summed E-state index contributed by atoms with van der Waals surface area (Å²) in [6.07, 6.45) is 3.82. The molecule has 0 spiro atoms. The Morgan fingerprint density at radius 3 is 2.59 bits per heavy atom. The molecule has 1 aromatic rings. The first-order chi connectivity index (χ1) is 8.15. The number of aryl methyl sites for hydroxylation is 1. The molecule has 0 heterocycles. The molecule has 3 N–H and O–H groups in total. The average molecular weight is 255 g/mol. The van der Waals surface area contributed by atoms with E-state index in [1.54, 1.807) is 6.07 Å². The van der Waals surface area contributed by atoms with E-state index in [2.05, 4.69) is 0 Å². The van der Waals surface area contributed by atoms with Crippen LogP contribution in [0.15, 0.2) is 23.1 Å². The number of benzene rings is 1. The van der Waals surface area contributed by atoms with Crippen molar-refractivity contribution >= 4 is 16.5 Å². The average Bonchev–Trinajstić information content (AvgIpc) is 2.28. The van der Waals surface area contributed by atoms with Crippen LogP contribution in [-0.4, -0.2) is 21.7 Å². The minimum atomic E-state index is -0.927. The van der Waals surface area contributed by atoms with Crippen LogP contribution in [0.2, 0.25) is 0 Å². The van der Waals surface area contributed by atoms with Crippen molar-refractivity contribution in [1.29, 1.82) is 0 Å². The number of rotatable bonds is 7. The number of hydrogen-bond donors (Lipinski definition) is 2. The summed E-state index contributed by atoms with van der Waals surface area (Å²) in [4.78, 5) is 0.890. The monoisotopic (exact) mass is 255 g/mol. The topological polar surface area (TPSA) is 63.3 Å². The summed E-state index contributed by atoms with van der Waals surface area (Å²) in [7, 11) is -0.927. The van der Waals surface area contributed by atoms with Gasteiger partial charge in [-0.3, -0.25) is 4.21 Å². The van der Waals surface area contributed by atoms with Gasteiger partial charge in [-0.05, 0) is 43.5 Å². The highest BCUT2D eigenvalue weighted by Crippen LogP contribution is 2.17. The third kappa shape index (κ3) is 4.88. The first-order valence-electron chi connectivity index (χ1n) is 6.00. The van der Waals surface area contributed by atoms with Crippen LogP contribution in [0.1, 0.15) is 31.2 Å². The summed E-state index contributed by atoms with van der Waals surface area (Å²) in [5.41, 5.74) is 7.37. The van der Waals surface area contributed by atoms with E-state index in [-0.39, 0.29) is 6.61 Å². The van der Waals surface area contributed by atoms with Gasteiger partial charge in [-0.2, -0.15) is 0 Å². The minimum absolute atomic E-state index is 0.250. The number of unbranched alkanes of at least 4 members (excludes halogenated alkanes) is 3. The van der Waals surface area contributed by atoms with Gasteiger partial charge in [0.25, 0.3) is 0 Å². The Kier molecular flexibility index (Phi) is 6.22. The van der Waals surface area contributed by atoms with E-state index in [1.165, 1.54) is 0 Å². The molecule has 0 aliphatic carbocycles. The van der Waals surface area contributed by atoms with Gasteiger partial charge in [0, 0.05) is 22.9 Å². The van der Waals surface area contributed by atoms with Crippen LogP contribution in [0.3, 0.4) is 0 Å². The fourth-order valence-electron chi connectivity index (χ4n) is 1.74. The van der Waals surface area contributed by atoms with Crippen molar-refractivity contribution in [2.45, 2.75) is 37.5 Å². The molecule has 17 heavy (non-hydrogen) atoms. The highest BCUT2D eigenvalue weighted by Gasteiger charge is 2.06. The Morgan fingerprint density at radius 1 is 1.24 bits per heavy atom. The van der Waals surface area contributed by atoms with Crippen molar-refractivity contribution in [3.63, 3.8) is 0 Å². The third-order valence-corrected chi connectivity index (χ3v) is 4.29. The van der Waals surface area contributed by atoms with Crippen LogP contribution in [0.4, 0.5) is 5.69 Å². The van der Waals surface area contributed by atoms with Gasteiger partial charge in [0.1, 0.15) is 0 Å². The van der Waals surface area contributed by atoms with E-state index in [9.17, 15) is 4.21 Å². The minimum Gasteiger partial charge on any atom is -0.399 e. The fraction of sp³-hybridized carbons (Fsp3) is 0.538. The van der Waals surface area contributed by atoms with E-state index in [1.807, 2.05) is 19.1 Å². The Labute approximate surface area is 105 Å². The molecule has 0 saturated heterocycles. The first-order valence-corrected chi connectivity index (χ1v) is 7.32. The van der Waals surface area contributed by atoms with Crippen molar-refractivity contribution in [2.75, 3.05) is 18.1 Å². The molecule has 0 aromatic heterocycles. The Hall–Kier alpha value is -0.870. The second-order valence-corrected chi connectivity index (χ2v) is 5.75. The molecule has 0 saturated carbocycles. The van der Waals surface area contributed by atoms with Gasteiger partial charge >= 0.3 is 0 Å². The van der Waals surface area contributed by atoms with Crippen LogP contribution in [0.5, 0.6) is 0 Å². The quantitative estimate of drug-likeness (QED) is 0.580. The van der Waals surface area contributed by atoms with Crippen molar-refractivity contribution in [3.05, 3.63) is 23.8 Å². The van der Waals surface area contributed by atoms with Gasteiger partial charge in [-0.15, -0.1) is 0 Å². The highest BCUT2D eigenvalue weighted by molar-refractivity contribution is 7.85. The van der Waals surface area contributed by atoms with E-state index in [0.717, 1.165) is 36.1 Å². The maximum absolute atomic E-state index is 12.0. The SMILES string of the molecule is Cc1cc(N)ccc1S(=O)CCCCCCO. The zero-order valence-corrected chi connectivity index (χ0v) is 11.1. The Balaban J connectivity index is 2.42. The number of aliphatic hydroxyl groups is 1. The molecule has 1 rings (SSSR count). The number of hydrogen-bond acceptors (Lipinski definition) is 3. The molecule has 0 aliphatic rings. The molecule has 0 bridgehead atoms. The molecule has 4 heteroatoms. The van der Waals surface area contributed by atoms with Gasteiger partial charge in [0.15, 0.2) is 0 Å². The predicted molar refractivity (Wildman–Crippen MR) is 72.4 cm³/mol. The summed E-state index contributed by atoms with van der Waals surface area (Å²) in [6, 6.07) is 5.51. The van der Waals surface area contributed by atoms with Crippen LogP contribution >= 0.6 is 0 Å². The predicted octanol–water partition coefficient (Wildman–Crippen LogP) is 2.24. The number of nitrogen functional groups attached to an aromatic ring is 1. The lowest BCUT2D eigenvalue weighted by Gasteiger charge is -2.06. The lowest BCUT2D eigenvalue weighted by molar-refractivity contribution is 0.283. The van der Waals surface area contributed by atoms with E-state index >= 15 is 0 Å². The number of anilines is 1. The van der Waals surface area contributed by atoms with Crippen molar-refractivity contribution < 1.29 is 9.32 Å². The Bertz CT molecular complexity index is 380. The molecule has 1 aromatic carbocycles. The summed E-state index contributed by atoms with van der Waals surface area (Å²) >= 11 is 0. The van der Waals surface area contributed by atoms with Gasteiger partial charge in [0.2, 0.25) is 0 Å². The highest BCUT2D eigenvalue weighted by atomic mass is 32.2. The van der Waals surface area contributed by atoms with Crippen molar-refractivity contribution in [3.8, 4) is 0 Å². The second-order valence-electron chi connectivity index (χ2n) is 4.21. The summed E-state index contributed by atoms with van der Waals surface area (Å²) in [6.45, 7) is 2.19. The molecule has 0 aliphatic heterocycles. The lowest BCUT2D eigenvalue weighted by Crippen LogP contribution is -2.01. The van der Waals surface area contributed by atoms with E-state index in [0.29, 0.717) is 11.4 Å². The molecule has 1 unspecified atom stereocenters. The zero-order chi connectivity index (χ0) is 12.7. The molecule has 1 atom stereocenters. The van der Waals surface area contributed by atoms with Crippen LogP contribution in [0, 0.1) is 6.92 Å². The lowest BCUT2D eigenvalue weighted by atomic mass is 10.2. The van der Waals surface area contributed by atoms with Crippen LogP contribution in [0.25, 0.3) is 0 Å². The molecule has 3 nitrogen and oxygen atoms in total. The van der Waals surface area contributed by atoms with Crippen LogP contribution < -0.4 is 5.73 Å². The molecule has 0 amide bonds. The summed E-state index contributed by atoms with van der Waals surface area (Å²) in [5, 5.41) is 8.64. The standard InChI is InChI=1S/C13H21NO2S/c1-11-10-12(14)6-7-13(11)17(16)9-5-3-2-4-8-15/h6-7,10,15H,2-5,8-9,14H2,1H3. The molecule has 0 fully saturated rings. The summed E-state index contributed by atoms with van der Waals surface area (Å²) in [5.74, 6) is 0.691. The molecule has 0 radical (unpaired) electrons. The molecule has 96 valence electrons. The molecular formula is C13H21NO2S. The van der Waals surface area contributed by atoms with Crippen molar-refractivity contribution in [1.82, 2.24) is 0 Å². The zero-order valence-electron chi connectivity index (χ0n) is 10.3. The Morgan fingerprint density at radius 2 is 1.94 bits per heavy atom. The normalized spacial score (nSPS) is 12.6. The van der Waals surface area contributed by atoms with Gasteiger partial charge < -0.3 is 10.8 Å². The largest absolute Gasteiger partial charge is 0.399 e. The maximum Gasteiger partial charge on any atom is 0.0532 e. The first kappa shape index (κ1) is 14.2. The number of aliphatic hydroxyl groups excluding tert-OH is 1. The van der Waals surface area contributed by atoms with Gasteiger partial charge in [-0.25, -0.2) is 0 Å². The van der Waals surface area contributed by atoms with Crippen molar-refractivity contribution in [2.24, 2.45) is 0 Å². The van der Waals surface area contributed by atoms with Crippen LogP contribution in [-0.2, 0) is 10.8 Å². The van der Waals surface area contributed by atoms with E-state index < -0.39 is 10.8 Å². The van der Waals surface area contributed by atoms with Gasteiger partial charge in [-0.1, -0.05) is 12.8 Å². The van der Waals surface area contributed by atoms with Gasteiger partial charge in [0.05, 0.1) is 10.8 Å². The third-order valence-electron chi connectivity index (χ3n) is 2.68. The molecular weight excluding hydrogens is 234 g/mol.